The molecule has 1 aromatic heterocycles. The molecule has 8 heteroatoms. The summed E-state index contributed by atoms with van der Waals surface area (Å²) in [7, 11) is 3.15. The van der Waals surface area contributed by atoms with E-state index in [1.54, 1.807) is 38.4 Å². The van der Waals surface area contributed by atoms with Gasteiger partial charge < -0.3 is 10.2 Å². The molecular formula is C17H16F3N3O2. The Bertz CT molecular complexity index is 817. The van der Waals surface area contributed by atoms with Gasteiger partial charge in [-0.25, -0.2) is 4.98 Å². The molecule has 2 rings (SSSR count). The maximum Gasteiger partial charge on any atom is 0.433 e. The van der Waals surface area contributed by atoms with Crippen LogP contribution in [0.5, 0.6) is 0 Å². The molecule has 25 heavy (non-hydrogen) atoms. The Morgan fingerprint density at radius 3 is 2.24 bits per heavy atom. The fraction of sp³-hybridized carbons (Fsp3) is 0.235. The zero-order valence-electron chi connectivity index (χ0n) is 13.8. The van der Waals surface area contributed by atoms with Crippen LogP contribution < -0.4 is 5.32 Å². The van der Waals surface area contributed by atoms with Crippen molar-refractivity contribution in [2.24, 2.45) is 0 Å². The van der Waals surface area contributed by atoms with Crippen LogP contribution in [-0.4, -0.2) is 35.8 Å². The maximum atomic E-state index is 12.7. The molecule has 0 spiro atoms. The van der Waals surface area contributed by atoms with Gasteiger partial charge in [-0.2, -0.15) is 13.2 Å². The minimum absolute atomic E-state index is 0.0000973. The molecule has 0 fully saturated rings. The number of pyridine rings is 1. The Labute approximate surface area is 142 Å². The summed E-state index contributed by atoms with van der Waals surface area (Å²) in [6, 6.07) is 8.20. The summed E-state index contributed by atoms with van der Waals surface area (Å²) in [5, 5.41) is 2.55. The molecule has 0 atom stereocenters. The van der Waals surface area contributed by atoms with E-state index in [9.17, 15) is 22.8 Å². The van der Waals surface area contributed by atoms with Gasteiger partial charge in [0.05, 0.1) is 22.5 Å². The normalized spacial score (nSPS) is 11.1. The second kappa shape index (κ2) is 6.92. The molecule has 0 aliphatic heterocycles. The third-order valence-corrected chi connectivity index (χ3v) is 3.43. The lowest BCUT2D eigenvalue weighted by Crippen LogP contribution is -2.24. The van der Waals surface area contributed by atoms with Crippen LogP contribution in [0.25, 0.3) is 0 Å². The number of nitrogens with zero attached hydrogens (tertiary/aromatic N) is 2. The number of carbonyl (C=O) groups is 2. The molecule has 2 aromatic rings. The van der Waals surface area contributed by atoms with E-state index in [0.29, 0.717) is 0 Å². The molecule has 0 aliphatic carbocycles. The second-order valence-corrected chi connectivity index (χ2v) is 5.53. The summed E-state index contributed by atoms with van der Waals surface area (Å²) in [4.78, 5) is 29.3. The average molecular weight is 351 g/mol. The first-order chi connectivity index (χ1) is 11.6. The van der Waals surface area contributed by atoms with Crippen LogP contribution in [0.15, 0.2) is 36.4 Å². The van der Waals surface area contributed by atoms with Crippen LogP contribution in [-0.2, 0) is 6.18 Å². The summed E-state index contributed by atoms with van der Waals surface area (Å²) in [6.07, 6.45) is -4.58. The smallest absolute Gasteiger partial charge is 0.345 e. The van der Waals surface area contributed by atoms with Crippen LogP contribution >= 0.6 is 0 Å². The van der Waals surface area contributed by atoms with Crippen molar-refractivity contribution < 1.29 is 22.8 Å². The van der Waals surface area contributed by atoms with Crippen LogP contribution in [0, 0.1) is 6.92 Å². The van der Waals surface area contributed by atoms with Crippen molar-refractivity contribution >= 4 is 17.5 Å². The van der Waals surface area contributed by atoms with Gasteiger partial charge in [-0.1, -0.05) is 12.1 Å². The number of hydrogen-bond acceptors (Lipinski definition) is 3. The van der Waals surface area contributed by atoms with Crippen molar-refractivity contribution in [3.05, 3.63) is 58.9 Å². The molecular weight excluding hydrogens is 335 g/mol. The Hall–Kier alpha value is -2.90. The number of para-hydroxylation sites is 1. The Kier molecular flexibility index (Phi) is 5.10. The molecule has 0 bridgehead atoms. The number of alkyl halides is 3. The molecule has 2 amide bonds. The van der Waals surface area contributed by atoms with E-state index in [0.717, 1.165) is 12.1 Å². The van der Waals surface area contributed by atoms with Gasteiger partial charge in [-0.05, 0) is 31.2 Å². The average Bonchev–Trinajstić information content (AvgIpc) is 2.53. The third-order valence-electron chi connectivity index (χ3n) is 3.43. The number of halogens is 3. The molecule has 1 heterocycles. The minimum Gasteiger partial charge on any atom is -0.345 e. The van der Waals surface area contributed by atoms with Gasteiger partial charge in [-0.15, -0.1) is 0 Å². The number of aromatic nitrogens is 1. The SMILES string of the molecule is Cc1nc(C(F)(F)F)ccc1C(=O)Nc1ccccc1C(=O)N(C)C. The molecule has 0 saturated heterocycles. The molecule has 5 nitrogen and oxygen atoms in total. The van der Waals surface area contributed by atoms with Crippen LogP contribution in [0.3, 0.4) is 0 Å². The monoisotopic (exact) mass is 351 g/mol. The summed E-state index contributed by atoms with van der Waals surface area (Å²) < 4.78 is 38.0. The number of amides is 2. The van der Waals surface area contributed by atoms with Gasteiger partial charge in [0.1, 0.15) is 5.69 Å². The van der Waals surface area contributed by atoms with Crippen molar-refractivity contribution in [1.82, 2.24) is 9.88 Å². The van der Waals surface area contributed by atoms with Gasteiger partial charge in [-0.3, -0.25) is 9.59 Å². The highest BCUT2D eigenvalue weighted by atomic mass is 19.4. The first kappa shape index (κ1) is 18.4. The Morgan fingerprint density at radius 1 is 1.04 bits per heavy atom. The van der Waals surface area contributed by atoms with Crippen molar-refractivity contribution in [3.8, 4) is 0 Å². The maximum absolute atomic E-state index is 12.7. The predicted molar refractivity (Wildman–Crippen MR) is 86.4 cm³/mol. The second-order valence-electron chi connectivity index (χ2n) is 5.53. The fourth-order valence-electron chi connectivity index (χ4n) is 2.17. The zero-order valence-corrected chi connectivity index (χ0v) is 13.8. The van der Waals surface area contributed by atoms with E-state index in [2.05, 4.69) is 10.3 Å². The zero-order chi connectivity index (χ0) is 18.8. The first-order valence-corrected chi connectivity index (χ1v) is 7.28. The highest BCUT2D eigenvalue weighted by Gasteiger charge is 2.33. The van der Waals surface area contributed by atoms with Crippen LogP contribution in [0.2, 0.25) is 0 Å². The third kappa shape index (κ3) is 4.14. The summed E-state index contributed by atoms with van der Waals surface area (Å²) in [5.41, 5.74) is -0.572. The van der Waals surface area contributed by atoms with Crippen molar-refractivity contribution in [3.63, 3.8) is 0 Å². The standard InChI is InChI=1S/C17H16F3N3O2/c1-10-11(8-9-14(21-10)17(18,19)20)15(24)22-13-7-5-4-6-12(13)16(25)23(2)3/h4-9H,1-3H3,(H,22,24). The number of nitrogens with one attached hydrogen (secondary N) is 1. The fourth-order valence-corrected chi connectivity index (χ4v) is 2.17. The van der Waals surface area contributed by atoms with Crippen molar-refractivity contribution in [2.45, 2.75) is 13.1 Å². The molecule has 1 N–H and O–H groups in total. The first-order valence-electron chi connectivity index (χ1n) is 7.28. The number of rotatable bonds is 3. The van der Waals surface area contributed by atoms with E-state index in [1.165, 1.54) is 11.8 Å². The van der Waals surface area contributed by atoms with E-state index in [1.807, 2.05) is 0 Å². The number of benzene rings is 1. The number of carbonyl (C=O) groups excluding carboxylic acids is 2. The quantitative estimate of drug-likeness (QED) is 0.922. The van der Waals surface area contributed by atoms with E-state index in [4.69, 9.17) is 0 Å². The Balaban J connectivity index is 2.31. The van der Waals surface area contributed by atoms with Gasteiger partial charge in [0.15, 0.2) is 0 Å². The highest BCUT2D eigenvalue weighted by Crippen LogP contribution is 2.28. The van der Waals surface area contributed by atoms with E-state index in [-0.39, 0.29) is 28.4 Å². The molecule has 0 unspecified atom stereocenters. The number of hydrogen-bond donors (Lipinski definition) is 1. The summed E-state index contributed by atoms with van der Waals surface area (Å²) in [5.74, 6) is -0.948. The minimum atomic E-state index is -4.58. The van der Waals surface area contributed by atoms with Crippen LogP contribution in [0.1, 0.15) is 32.1 Å². The summed E-state index contributed by atoms with van der Waals surface area (Å²) in [6.45, 7) is 1.32. The number of anilines is 1. The van der Waals surface area contributed by atoms with Gasteiger partial charge in [0, 0.05) is 14.1 Å². The molecule has 0 saturated carbocycles. The summed E-state index contributed by atoms with van der Waals surface area (Å²) >= 11 is 0. The lowest BCUT2D eigenvalue weighted by molar-refractivity contribution is -0.141. The van der Waals surface area contributed by atoms with E-state index >= 15 is 0 Å². The Morgan fingerprint density at radius 2 is 1.68 bits per heavy atom. The van der Waals surface area contributed by atoms with Crippen molar-refractivity contribution in [2.75, 3.05) is 19.4 Å². The van der Waals surface area contributed by atoms with Gasteiger partial charge >= 0.3 is 6.18 Å². The molecule has 0 radical (unpaired) electrons. The molecule has 132 valence electrons. The number of aryl methyl sites for hydroxylation is 1. The van der Waals surface area contributed by atoms with E-state index < -0.39 is 17.8 Å². The largest absolute Gasteiger partial charge is 0.433 e. The van der Waals surface area contributed by atoms with Gasteiger partial charge in [0.25, 0.3) is 11.8 Å². The topological polar surface area (TPSA) is 62.3 Å². The molecule has 1 aromatic carbocycles. The highest BCUT2D eigenvalue weighted by molar-refractivity contribution is 6.09. The van der Waals surface area contributed by atoms with Gasteiger partial charge in [0.2, 0.25) is 0 Å². The van der Waals surface area contributed by atoms with Crippen molar-refractivity contribution in [1.29, 1.82) is 0 Å². The lowest BCUT2D eigenvalue weighted by atomic mass is 10.1. The lowest BCUT2D eigenvalue weighted by Gasteiger charge is -2.15. The predicted octanol–water partition coefficient (Wildman–Crippen LogP) is 3.36. The molecule has 0 aliphatic rings. The van der Waals surface area contributed by atoms with Crippen LogP contribution in [0.4, 0.5) is 18.9 Å².